The van der Waals surface area contributed by atoms with E-state index in [0.717, 1.165) is 5.56 Å². The van der Waals surface area contributed by atoms with Crippen LogP contribution in [-0.4, -0.2) is 19.3 Å². The predicted octanol–water partition coefficient (Wildman–Crippen LogP) is 3.65. The number of hydrogen-bond acceptors (Lipinski definition) is 4. The maximum Gasteiger partial charge on any atom is 0.281 e. The zero-order chi connectivity index (χ0) is 20.7. The van der Waals surface area contributed by atoms with E-state index in [1.807, 2.05) is 49.4 Å². The smallest absolute Gasteiger partial charge is 0.267 e. The van der Waals surface area contributed by atoms with E-state index >= 15 is 0 Å². The summed E-state index contributed by atoms with van der Waals surface area (Å²) >= 11 is 0. The minimum atomic E-state index is -0.312. The van der Waals surface area contributed by atoms with Crippen molar-refractivity contribution in [3.63, 3.8) is 0 Å². The Bertz CT molecular complexity index is 1520. The molecule has 30 heavy (non-hydrogen) atoms. The van der Waals surface area contributed by atoms with Crippen LogP contribution >= 0.6 is 0 Å². The van der Waals surface area contributed by atoms with E-state index in [1.54, 1.807) is 36.4 Å². The number of nitrogens with zero attached hydrogens (tertiary/aromatic N) is 4. The highest BCUT2D eigenvalue weighted by molar-refractivity contribution is 5.80. The number of hydrogen-bond donors (Lipinski definition) is 0. The molecule has 0 amide bonds. The highest BCUT2D eigenvalue weighted by Gasteiger charge is 2.19. The third-order valence-corrected chi connectivity index (χ3v) is 5.12. The van der Waals surface area contributed by atoms with Crippen molar-refractivity contribution < 1.29 is 0 Å². The molecule has 0 aliphatic heterocycles. The van der Waals surface area contributed by atoms with Gasteiger partial charge in [-0.05, 0) is 24.3 Å². The molecule has 3 aromatic carbocycles. The fourth-order valence-corrected chi connectivity index (χ4v) is 3.69. The third kappa shape index (κ3) is 2.73. The maximum absolute atomic E-state index is 13.6. The number of aryl methyl sites for hydroxylation is 1. The van der Waals surface area contributed by atoms with Gasteiger partial charge in [-0.25, -0.2) is 9.97 Å². The Morgan fingerprint density at radius 3 is 1.83 bits per heavy atom. The van der Waals surface area contributed by atoms with E-state index in [0.29, 0.717) is 39.9 Å². The molecule has 5 aromatic rings. The van der Waals surface area contributed by atoms with E-state index in [4.69, 9.17) is 4.98 Å². The zero-order valence-corrected chi connectivity index (χ0v) is 16.3. The van der Waals surface area contributed by atoms with Gasteiger partial charge in [0.15, 0.2) is 5.82 Å². The van der Waals surface area contributed by atoms with Crippen LogP contribution in [0.3, 0.4) is 0 Å². The third-order valence-electron chi connectivity index (χ3n) is 5.12. The molecule has 0 atom stereocenters. The number of fused-ring (bicyclic) bond motifs is 2. The predicted molar refractivity (Wildman–Crippen MR) is 118 cm³/mol. The van der Waals surface area contributed by atoms with Gasteiger partial charge in [-0.1, -0.05) is 61.5 Å². The average molecular weight is 394 g/mol. The van der Waals surface area contributed by atoms with Gasteiger partial charge in [0.25, 0.3) is 11.1 Å². The minimum Gasteiger partial charge on any atom is -0.267 e. The lowest BCUT2D eigenvalue weighted by Crippen LogP contribution is -2.39. The average Bonchev–Trinajstić information content (AvgIpc) is 2.80. The number of benzene rings is 3. The Morgan fingerprint density at radius 1 is 0.667 bits per heavy atom. The van der Waals surface area contributed by atoms with Gasteiger partial charge in [0, 0.05) is 12.0 Å². The summed E-state index contributed by atoms with van der Waals surface area (Å²) in [4.78, 5) is 36.5. The van der Waals surface area contributed by atoms with Crippen LogP contribution in [0.5, 0.6) is 0 Å². The van der Waals surface area contributed by atoms with Crippen molar-refractivity contribution in [2.24, 2.45) is 0 Å². The first-order valence-electron chi connectivity index (χ1n) is 9.77. The van der Waals surface area contributed by atoms with Crippen molar-refractivity contribution in [2.45, 2.75) is 13.3 Å². The van der Waals surface area contributed by atoms with Crippen LogP contribution in [0.25, 0.3) is 33.2 Å². The Labute approximate surface area is 171 Å². The molecule has 6 heteroatoms. The van der Waals surface area contributed by atoms with Crippen LogP contribution < -0.4 is 11.1 Å². The molecule has 146 valence electrons. The first-order chi connectivity index (χ1) is 14.7. The van der Waals surface area contributed by atoms with Crippen molar-refractivity contribution in [1.82, 2.24) is 19.3 Å². The van der Waals surface area contributed by atoms with Gasteiger partial charge in [0.2, 0.25) is 0 Å². The van der Waals surface area contributed by atoms with Gasteiger partial charge in [0.05, 0.1) is 21.8 Å². The number of para-hydroxylation sites is 2. The lowest BCUT2D eigenvalue weighted by molar-refractivity contribution is 0.566. The fraction of sp³-hybridized carbons (Fsp3) is 0.0833. The normalized spacial score (nSPS) is 11.2. The first kappa shape index (κ1) is 18.0. The van der Waals surface area contributed by atoms with Crippen LogP contribution in [0.1, 0.15) is 12.7 Å². The first-order valence-corrected chi connectivity index (χ1v) is 9.77. The highest BCUT2D eigenvalue weighted by Crippen LogP contribution is 2.19. The second kappa shape index (κ2) is 7.08. The summed E-state index contributed by atoms with van der Waals surface area (Å²) in [7, 11) is 0. The van der Waals surface area contributed by atoms with Gasteiger partial charge >= 0.3 is 0 Å². The standard InChI is InChI=1S/C24H18N4O2/c1-2-21-25-19-14-8-6-12-17(19)23(29)27(21)28-22(16-10-4-3-5-11-16)26-20-15-9-7-13-18(20)24(28)30/h3-15H,2H2,1H3. The lowest BCUT2D eigenvalue weighted by atomic mass is 10.2. The molecule has 6 nitrogen and oxygen atoms in total. The van der Waals surface area contributed by atoms with Gasteiger partial charge in [-0.3, -0.25) is 9.59 Å². The molecule has 2 aromatic heterocycles. The summed E-state index contributed by atoms with van der Waals surface area (Å²) < 4.78 is 2.73. The SMILES string of the molecule is CCc1nc2ccccc2c(=O)n1-n1c(-c2ccccc2)nc2ccccc2c1=O. The minimum absolute atomic E-state index is 0.297. The van der Waals surface area contributed by atoms with E-state index < -0.39 is 0 Å². The maximum atomic E-state index is 13.6. The van der Waals surface area contributed by atoms with E-state index in [1.165, 1.54) is 9.35 Å². The van der Waals surface area contributed by atoms with Crippen molar-refractivity contribution >= 4 is 21.8 Å². The fourth-order valence-electron chi connectivity index (χ4n) is 3.69. The van der Waals surface area contributed by atoms with Gasteiger partial charge in [0.1, 0.15) is 5.82 Å². The molecule has 0 bridgehead atoms. The molecule has 0 saturated heterocycles. The van der Waals surface area contributed by atoms with Crippen LogP contribution in [0.4, 0.5) is 0 Å². The van der Waals surface area contributed by atoms with Crippen LogP contribution in [0, 0.1) is 0 Å². The van der Waals surface area contributed by atoms with E-state index in [2.05, 4.69) is 4.98 Å². The monoisotopic (exact) mass is 394 g/mol. The molecule has 0 aliphatic carbocycles. The van der Waals surface area contributed by atoms with Crippen LogP contribution in [-0.2, 0) is 6.42 Å². The molecule has 2 heterocycles. The zero-order valence-electron chi connectivity index (χ0n) is 16.3. The number of aromatic nitrogens is 4. The molecular formula is C24H18N4O2. The Kier molecular flexibility index (Phi) is 4.25. The molecule has 5 rings (SSSR count). The van der Waals surface area contributed by atoms with E-state index in [9.17, 15) is 9.59 Å². The molecule has 0 N–H and O–H groups in total. The van der Waals surface area contributed by atoms with Gasteiger partial charge in [-0.2, -0.15) is 9.35 Å². The number of rotatable bonds is 3. The largest absolute Gasteiger partial charge is 0.281 e. The molecule has 0 spiro atoms. The second-order valence-electron chi connectivity index (χ2n) is 6.95. The summed E-state index contributed by atoms with van der Waals surface area (Å²) in [6.45, 7) is 1.91. The molecule has 0 fully saturated rings. The Balaban J connectivity index is 1.99. The summed E-state index contributed by atoms with van der Waals surface area (Å²) in [6.07, 6.45) is 0.480. The van der Waals surface area contributed by atoms with Crippen LogP contribution in [0.15, 0.2) is 88.5 Å². The summed E-state index contributed by atoms with van der Waals surface area (Å²) in [6, 6.07) is 23.7. The van der Waals surface area contributed by atoms with Gasteiger partial charge in [-0.15, -0.1) is 0 Å². The van der Waals surface area contributed by atoms with Gasteiger partial charge < -0.3 is 0 Å². The quantitative estimate of drug-likeness (QED) is 0.468. The molecular weight excluding hydrogens is 376 g/mol. The van der Waals surface area contributed by atoms with E-state index in [-0.39, 0.29) is 11.1 Å². The Morgan fingerprint density at radius 2 is 1.20 bits per heavy atom. The Hall–Kier alpha value is -4.06. The topological polar surface area (TPSA) is 69.8 Å². The molecule has 0 aliphatic rings. The van der Waals surface area contributed by atoms with Crippen molar-refractivity contribution in [1.29, 1.82) is 0 Å². The van der Waals surface area contributed by atoms with Crippen LogP contribution in [0.2, 0.25) is 0 Å². The van der Waals surface area contributed by atoms with Crippen molar-refractivity contribution in [3.8, 4) is 11.4 Å². The van der Waals surface area contributed by atoms with Crippen molar-refractivity contribution in [2.75, 3.05) is 0 Å². The lowest BCUT2D eigenvalue weighted by Gasteiger charge is -2.18. The molecule has 0 saturated carbocycles. The molecule has 0 unspecified atom stereocenters. The molecule has 0 radical (unpaired) electrons. The summed E-state index contributed by atoms with van der Waals surface area (Å²) in [5.74, 6) is 0.892. The summed E-state index contributed by atoms with van der Waals surface area (Å²) in [5, 5.41) is 0.896. The van der Waals surface area contributed by atoms with Crippen molar-refractivity contribution in [3.05, 3.63) is 105 Å². The second-order valence-corrected chi connectivity index (χ2v) is 6.95. The summed E-state index contributed by atoms with van der Waals surface area (Å²) in [5.41, 5.74) is 1.32. The highest BCUT2D eigenvalue weighted by atomic mass is 16.2.